The summed E-state index contributed by atoms with van der Waals surface area (Å²) in [6.07, 6.45) is 3.94. The third-order valence-corrected chi connectivity index (χ3v) is 4.60. The SMILES string of the molecule is CN=C(NC1CCC1)N1CCN(c2cccc(C)c2)CC1. The molecular formula is C17H26N4. The summed E-state index contributed by atoms with van der Waals surface area (Å²) in [5.41, 5.74) is 2.67. The number of piperazine rings is 1. The summed E-state index contributed by atoms with van der Waals surface area (Å²) in [6, 6.07) is 9.44. The lowest BCUT2D eigenvalue weighted by Gasteiger charge is -2.39. The van der Waals surface area contributed by atoms with Gasteiger partial charge in [-0.2, -0.15) is 0 Å². The second kappa shape index (κ2) is 6.37. The first kappa shape index (κ1) is 14.2. The quantitative estimate of drug-likeness (QED) is 0.668. The average Bonchev–Trinajstić information content (AvgIpc) is 2.47. The van der Waals surface area contributed by atoms with Gasteiger partial charge in [0.15, 0.2) is 5.96 Å². The minimum atomic E-state index is 0.651. The molecule has 4 heteroatoms. The van der Waals surface area contributed by atoms with Crippen molar-refractivity contribution in [3.05, 3.63) is 29.8 Å². The molecule has 0 amide bonds. The van der Waals surface area contributed by atoms with Crippen molar-refractivity contribution in [3.8, 4) is 0 Å². The zero-order chi connectivity index (χ0) is 14.7. The van der Waals surface area contributed by atoms with Crippen LogP contribution in [0.5, 0.6) is 0 Å². The summed E-state index contributed by atoms with van der Waals surface area (Å²) >= 11 is 0. The van der Waals surface area contributed by atoms with Crippen LogP contribution in [-0.4, -0.2) is 50.1 Å². The molecule has 2 fully saturated rings. The molecule has 2 aliphatic rings. The van der Waals surface area contributed by atoms with Gasteiger partial charge in [-0.1, -0.05) is 12.1 Å². The molecule has 1 aromatic carbocycles. The van der Waals surface area contributed by atoms with Gasteiger partial charge in [0.2, 0.25) is 0 Å². The maximum atomic E-state index is 4.46. The highest BCUT2D eigenvalue weighted by Crippen LogP contribution is 2.20. The Kier molecular flexibility index (Phi) is 4.32. The Morgan fingerprint density at radius 2 is 1.95 bits per heavy atom. The summed E-state index contributed by atoms with van der Waals surface area (Å²) in [6.45, 7) is 6.37. The van der Waals surface area contributed by atoms with E-state index in [1.807, 2.05) is 7.05 Å². The summed E-state index contributed by atoms with van der Waals surface area (Å²) in [4.78, 5) is 9.32. The van der Waals surface area contributed by atoms with E-state index in [4.69, 9.17) is 0 Å². The fourth-order valence-electron chi connectivity index (χ4n) is 3.03. The number of anilines is 1. The Morgan fingerprint density at radius 1 is 1.19 bits per heavy atom. The van der Waals surface area contributed by atoms with Crippen molar-refractivity contribution >= 4 is 11.6 Å². The number of aryl methyl sites for hydroxylation is 1. The van der Waals surface area contributed by atoms with Crippen LogP contribution >= 0.6 is 0 Å². The largest absolute Gasteiger partial charge is 0.368 e. The normalized spacial score (nSPS) is 20.4. The molecule has 0 unspecified atom stereocenters. The number of hydrogen-bond acceptors (Lipinski definition) is 2. The molecule has 114 valence electrons. The number of nitrogens with zero attached hydrogens (tertiary/aromatic N) is 3. The van der Waals surface area contributed by atoms with E-state index in [9.17, 15) is 0 Å². The number of hydrogen-bond donors (Lipinski definition) is 1. The molecule has 1 saturated heterocycles. The van der Waals surface area contributed by atoms with E-state index in [-0.39, 0.29) is 0 Å². The van der Waals surface area contributed by atoms with E-state index in [1.54, 1.807) is 0 Å². The van der Waals surface area contributed by atoms with Crippen molar-refractivity contribution in [1.82, 2.24) is 10.2 Å². The topological polar surface area (TPSA) is 30.9 Å². The molecule has 4 nitrogen and oxygen atoms in total. The van der Waals surface area contributed by atoms with Crippen molar-refractivity contribution in [2.24, 2.45) is 4.99 Å². The van der Waals surface area contributed by atoms with E-state index < -0.39 is 0 Å². The smallest absolute Gasteiger partial charge is 0.193 e. The molecule has 3 rings (SSSR count). The molecular weight excluding hydrogens is 260 g/mol. The maximum absolute atomic E-state index is 4.46. The molecule has 0 radical (unpaired) electrons. The van der Waals surface area contributed by atoms with Gasteiger partial charge in [0.25, 0.3) is 0 Å². The summed E-state index contributed by atoms with van der Waals surface area (Å²) in [5.74, 6) is 1.09. The van der Waals surface area contributed by atoms with Gasteiger partial charge in [0, 0.05) is 45.0 Å². The van der Waals surface area contributed by atoms with E-state index in [1.165, 1.54) is 30.5 Å². The highest BCUT2D eigenvalue weighted by atomic mass is 15.3. The van der Waals surface area contributed by atoms with Gasteiger partial charge < -0.3 is 15.1 Å². The van der Waals surface area contributed by atoms with Crippen LogP contribution in [0.1, 0.15) is 24.8 Å². The minimum Gasteiger partial charge on any atom is -0.368 e. The molecule has 0 spiro atoms. The van der Waals surface area contributed by atoms with Gasteiger partial charge >= 0.3 is 0 Å². The van der Waals surface area contributed by atoms with Crippen LogP contribution in [0.4, 0.5) is 5.69 Å². The van der Waals surface area contributed by atoms with Gasteiger partial charge in [0.05, 0.1) is 0 Å². The fraction of sp³-hybridized carbons (Fsp3) is 0.588. The third kappa shape index (κ3) is 3.31. The van der Waals surface area contributed by atoms with Gasteiger partial charge in [0.1, 0.15) is 0 Å². The summed E-state index contributed by atoms with van der Waals surface area (Å²) < 4.78 is 0. The zero-order valence-electron chi connectivity index (χ0n) is 13.2. The Hall–Kier alpha value is -1.71. The van der Waals surface area contributed by atoms with Gasteiger partial charge in [-0.15, -0.1) is 0 Å². The van der Waals surface area contributed by atoms with Crippen molar-refractivity contribution in [2.45, 2.75) is 32.2 Å². The number of guanidine groups is 1. The van der Waals surface area contributed by atoms with Crippen LogP contribution in [0, 0.1) is 6.92 Å². The van der Waals surface area contributed by atoms with Crippen LogP contribution in [0.2, 0.25) is 0 Å². The predicted octanol–water partition coefficient (Wildman–Crippen LogP) is 2.24. The monoisotopic (exact) mass is 286 g/mol. The van der Waals surface area contributed by atoms with E-state index in [0.717, 1.165) is 32.1 Å². The Bertz CT molecular complexity index is 499. The van der Waals surface area contributed by atoms with Crippen molar-refractivity contribution < 1.29 is 0 Å². The molecule has 1 saturated carbocycles. The highest BCUT2D eigenvalue weighted by Gasteiger charge is 2.24. The second-order valence-electron chi connectivity index (χ2n) is 6.13. The first-order chi connectivity index (χ1) is 10.3. The average molecular weight is 286 g/mol. The number of aliphatic imine (C=N–C) groups is 1. The highest BCUT2D eigenvalue weighted by molar-refractivity contribution is 5.80. The van der Waals surface area contributed by atoms with Crippen molar-refractivity contribution in [2.75, 3.05) is 38.1 Å². The molecule has 1 aliphatic heterocycles. The molecule has 1 aromatic rings. The lowest BCUT2D eigenvalue weighted by atomic mass is 9.93. The van der Waals surface area contributed by atoms with Crippen molar-refractivity contribution in [1.29, 1.82) is 0 Å². The standard InChI is InChI=1S/C17H26N4/c1-14-5-3-8-16(13-14)20-9-11-21(12-10-20)17(18-2)19-15-6-4-7-15/h3,5,8,13,15H,4,6-7,9-12H2,1-2H3,(H,18,19). The third-order valence-electron chi connectivity index (χ3n) is 4.60. The lowest BCUT2D eigenvalue weighted by Crippen LogP contribution is -2.55. The van der Waals surface area contributed by atoms with Gasteiger partial charge in [-0.25, -0.2) is 0 Å². The summed E-state index contributed by atoms with van der Waals surface area (Å²) in [7, 11) is 1.90. The van der Waals surface area contributed by atoms with Crippen LogP contribution in [-0.2, 0) is 0 Å². The Labute approximate surface area is 127 Å². The van der Waals surface area contributed by atoms with Crippen LogP contribution in [0.15, 0.2) is 29.3 Å². The lowest BCUT2D eigenvalue weighted by molar-refractivity contribution is 0.332. The molecule has 1 aliphatic carbocycles. The first-order valence-electron chi connectivity index (χ1n) is 8.06. The second-order valence-corrected chi connectivity index (χ2v) is 6.13. The minimum absolute atomic E-state index is 0.651. The maximum Gasteiger partial charge on any atom is 0.193 e. The van der Waals surface area contributed by atoms with Gasteiger partial charge in [-0.3, -0.25) is 4.99 Å². The number of rotatable bonds is 2. The zero-order valence-corrected chi connectivity index (χ0v) is 13.2. The Balaban J connectivity index is 1.56. The molecule has 21 heavy (non-hydrogen) atoms. The first-order valence-corrected chi connectivity index (χ1v) is 8.06. The molecule has 1 N–H and O–H groups in total. The van der Waals surface area contributed by atoms with E-state index >= 15 is 0 Å². The predicted molar refractivity (Wildman–Crippen MR) is 89.1 cm³/mol. The molecule has 0 atom stereocenters. The van der Waals surface area contributed by atoms with Crippen LogP contribution in [0.3, 0.4) is 0 Å². The van der Waals surface area contributed by atoms with E-state index in [0.29, 0.717) is 6.04 Å². The van der Waals surface area contributed by atoms with E-state index in [2.05, 4.69) is 51.3 Å². The molecule has 1 heterocycles. The number of benzene rings is 1. The number of nitrogens with one attached hydrogen (secondary N) is 1. The van der Waals surface area contributed by atoms with Crippen LogP contribution < -0.4 is 10.2 Å². The fourth-order valence-corrected chi connectivity index (χ4v) is 3.03. The van der Waals surface area contributed by atoms with Gasteiger partial charge in [-0.05, 0) is 43.9 Å². The summed E-state index contributed by atoms with van der Waals surface area (Å²) in [5, 5.41) is 3.59. The molecule has 0 aromatic heterocycles. The van der Waals surface area contributed by atoms with Crippen molar-refractivity contribution in [3.63, 3.8) is 0 Å². The Morgan fingerprint density at radius 3 is 2.52 bits per heavy atom. The van der Waals surface area contributed by atoms with Crippen LogP contribution in [0.25, 0.3) is 0 Å². The molecule has 0 bridgehead atoms.